The molecule has 0 aliphatic heterocycles. The molecule has 1 heterocycles. The van der Waals surface area contributed by atoms with Gasteiger partial charge in [0.2, 0.25) is 0 Å². The molecule has 5 heteroatoms. The van der Waals surface area contributed by atoms with Crippen LogP contribution in [0.5, 0.6) is 0 Å². The van der Waals surface area contributed by atoms with Gasteiger partial charge in [-0.15, -0.1) is 0 Å². The highest BCUT2D eigenvalue weighted by molar-refractivity contribution is 7.99. The van der Waals surface area contributed by atoms with Crippen LogP contribution >= 0.6 is 24.0 Å². The van der Waals surface area contributed by atoms with Crippen molar-refractivity contribution in [1.29, 1.82) is 0 Å². The molecule has 0 amide bonds. The molecule has 15 heavy (non-hydrogen) atoms. The number of aromatic nitrogens is 1. The summed E-state index contributed by atoms with van der Waals surface area (Å²) in [4.78, 5) is 4.62. The number of nitrogens with zero attached hydrogens (tertiary/aromatic N) is 1. The Hall–Kier alpha value is -0.810. The Morgan fingerprint density at radius 2 is 2.40 bits per heavy atom. The van der Waals surface area contributed by atoms with E-state index in [-0.39, 0.29) is 0 Å². The van der Waals surface area contributed by atoms with Crippen LogP contribution in [0.25, 0.3) is 0 Å². The fraction of sp³-hybridized carbons (Fsp3) is 0.400. The first-order valence-electron chi connectivity index (χ1n) is 4.67. The summed E-state index contributed by atoms with van der Waals surface area (Å²) >= 11 is 6.68. The van der Waals surface area contributed by atoms with Crippen molar-refractivity contribution < 1.29 is 0 Å². The Labute approximate surface area is 99.8 Å². The number of anilines is 1. The van der Waals surface area contributed by atoms with Crippen molar-refractivity contribution in [1.82, 2.24) is 4.98 Å². The predicted molar refractivity (Wildman–Crippen MR) is 71.6 cm³/mol. The first-order valence-corrected chi connectivity index (χ1v) is 6.36. The fourth-order valence-corrected chi connectivity index (χ4v) is 1.37. The molecule has 1 atom stereocenters. The molecule has 0 aliphatic carbocycles. The SMILES string of the molecule is CSC(C)CNc1cccc(C(N)=S)n1. The van der Waals surface area contributed by atoms with Crippen molar-refractivity contribution >= 4 is 34.8 Å². The van der Waals surface area contributed by atoms with Gasteiger partial charge in [-0.05, 0) is 18.4 Å². The van der Waals surface area contributed by atoms with Crippen LogP contribution in [0.15, 0.2) is 18.2 Å². The van der Waals surface area contributed by atoms with Crippen molar-refractivity contribution in [2.45, 2.75) is 12.2 Å². The second kappa shape index (κ2) is 5.92. The summed E-state index contributed by atoms with van der Waals surface area (Å²) in [5.41, 5.74) is 6.16. The van der Waals surface area contributed by atoms with Crippen LogP contribution in [0.2, 0.25) is 0 Å². The van der Waals surface area contributed by atoms with Gasteiger partial charge in [0.25, 0.3) is 0 Å². The number of rotatable bonds is 5. The van der Waals surface area contributed by atoms with Gasteiger partial charge in [-0.3, -0.25) is 0 Å². The number of nitrogens with two attached hydrogens (primary N) is 1. The maximum absolute atomic E-state index is 5.50. The average molecular weight is 241 g/mol. The normalized spacial score (nSPS) is 12.1. The van der Waals surface area contributed by atoms with Gasteiger partial charge < -0.3 is 11.1 Å². The monoisotopic (exact) mass is 241 g/mol. The number of hydrogen-bond donors (Lipinski definition) is 2. The smallest absolute Gasteiger partial charge is 0.126 e. The molecule has 0 spiro atoms. The fourth-order valence-electron chi connectivity index (χ4n) is 1.00. The highest BCUT2D eigenvalue weighted by Crippen LogP contribution is 2.08. The zero-order valence-electron chi connectivity index (χ0n) is 8.86. The zero-order chi connectivity index (χ0) is 11.3. The van der Waals surface area contributed by atoms with Crippen LogP contribution in [0, 0.1) is 0 Å². The summed E-state index contributed by atoms with van der Waals surface area (Å²) in [6.45, 7) is 3.05. The molecular weight excluding hydrogens is 226 g/mol. The molecule has 82 valence electrons. The molecule has 3 nitrogen and oxygen atoms in total. The summed E-state index contributed by atoms with van der Waals surface area (Å²) in [7, 11) is 0. The van der Waals surface area contributed by atoms with Crippen LogP contribution in [-0.2, 0) is 0 Å². The van der Waals surface area contributed by atoms with E-state index in [2.05, 4.69) is 23.5 Å². The predicted octanol–water partition coefficient (Wildman–Crippen LogP) is 1.88. The van der Waals surface area contributed by atoms with Crippen LogP contribution in [0.3, 0.4) is 0 Å². The third kappa shape index (κ3) is 4.05. The molecule has 0 saturated heterocycles. The van der Waals surface area contributed by atoms with Crippen molar-refractivity contribution in [2.75, 3.05) is 18.1 Å². The lowest BCUT2D eigenvalue weighted by molar-refractivity contribution is 0.991. The van der Waals surface area contributed by atoms with Gasteiger partial charge in [0.1, 0.15) is 10.8 Å². The number of pyridine rings is 1. The summed E-state index contributed by atoms with van der Waals surface area (Å²) < 4.78 is 0. The minimum Gasteiger partial charge on any atom is -0.388 e. The van der Waals surface area contributed by atoms with E-state index in [1.165, 1.54) is 0 Å². The molecule has 0 fully saturated rings. The first-order chi connectivity index (χ1) is 7.13. The van der Waals surface area contributed by atoms with Crippen molar-refractivity contribution in [3.63, 3.8) is 0 Å². The van der Waals surface area contributed by atoms with Crippen LogP contribution in [-0.4, -0.2) is 28.0 Å². The van der Waals surface area contributed by atoms with Gasteiger partial charge in [0, 0.05) is 11.8 Å². The van der Waals surface area contributed by atoms with Gasteiger partial charge >= 0.3 is 0 Å². The van der Waals surface area contributed by atoms with E-state index in [1.807, 2.05) is 30.0 Å². The summed E-state index contributed by atoms with van der Waals surface area (Å²) in [6.07, 6.45) is 2.09. The molecule has 0 saturated carbocycles. The van der Waals surface area contributed by atoms with Crippen molar-refractivity contribution in [2.24, 2.45) is 5.73 Å². The van der Waals surface area contributed by atoms with E-state index in [1.54, 1.807) is 0 Å². The third-order valence-corrected chi connectivity index (χ3v) is 3.16. The van der Waals surface area contributed by atoms with Gasteiger partial charge in [-0.2, -0.15) is 11.8 Å². The van der Waals surface area contributed by atoms with Crippen LogP contribution in [0.1, 0.15) is 12.6 Å². The molecule has 1 aromatic rings. The lowest BCUT2D eigenvalue weighted by atomic mass is 10.3. The minimum absolute atomic E-state index is 0.330. The quantitative estimate of drug-likeness (QED) is 0.771. The molecular formula is C10H15N3S2. The van der Waals surface area contributed by atoms with Gasteiger partial charge in [0.05, 0.1) is 5.69 Å². The maximum Gasteiger partial charge on any atom is 0.126 e. The van der Waals surface area contributed by atoms with E-state index in [0.29, 0.717) is 15.9 Å². The maximum atomic E-state index is 5.50. The topological polar surface area (TPSA) is 50.9 Å². The molecule has 1 rings (SSSR count). The van der Waals surface area contributed by atoms with Crippen molar-refractivity contribution in [3.8, 4) is 0 Å². The third-order valence-electron chi connectivity index (χ3n) is 1.97. The summed E-state index contributed by atoms with van der Waals surface area (Å²) in [5.74, 6) is 0.821. The van der Waals surface area contributed by atoms with Crippen LogP contribution < -0.4 is 11.1 Å². The van der Waals surface area contributed by atoms with Crippen LogP contribution in [0.4, 0.5) is 5.82 Å². The largest absolute Gasteiger partial charge is 0.388 e. The van der Waals surface area contributed by atoms with Gasteiger partial charge in [0.15, 0.2) is 0 Å². The van der Waals surface area contributed by atoms with Crippen molar-refractivity contribution in [3.05, 3.63) is 23.9 Å². The van der Waals surface area contributed by atoms with Gasteiger partial charge in [-0.25, -0.2) is 4.98 Å². The molecule has 0 radical (unpaired) electrons. The standard InChI is InChI=1S/C10H15N3S2/c1-7(15-2)6-12-9-5-3-4-8(13-9)10(11)14/h3-5,7H,6H2,1-2H3,(H2,11,14)(H,12,13). The first kappa shape index (κ1) is 12.3. The Morgan fingerprint density at radius 3 is 3.00 bits per heavy atom. The average Bonchev–Trinajstić information content (AvgIpc) is 2.26. The zero-order valence-corrected chi connectivity index (χ0v) is 10.5. The van der Waals surface area contributed by atoms with E-state index in [9.17, 15) is 0 Å². The number of thiocarbonyl (C=S) groups is 1. The molecule has 0 bridgehead atoms. The highest BCUT2D eigenvalue weighted by atomic mass is 32.2. The lowest BCUT2D eigenvalue weighted by Gasteiger charge is -2.10. The van der Waals surface area contributed by atoms with E-state index in [0.717, 1.165) is 12.4 Å². The minimum atomic E-state index is 0.330. The Balaban J connectivity index is 2.62. The molecule has 0 aliphatic rings. The number of nitrogens with one attached hydrogen (secondary N) is 1. The number of thioether (sulfide) groups is 1. The van der Waals surface area contributed by atoms with E-state index in [4.69, 9.17) is 18.0 Å². The highest BCUT2D eigenvalue weighted by Gasteiger charge is 2.02. The Bertz CT molecular complexity index is 341. The second-order valence-corrected chi connectivity index (χ2v) is 4.92. The molecule has 0 aromatic carbocycles. The summed E-state index contributed by atoms with van der Waals surface area (Å²) in [5, 5.41) is 3.80. The Morgan fingerprint density at radius 1 is 1.67 bits per heavy atom. The van der Waals surface area contributed by atoms with E-state index < -0.39 is 0 Å². The molecule has 1 unspecified atom stereocenters. The lowest BCUT2D eigenvalue weighted by Crippen LogP contribution is -2.16. The summed E-state index contributed by atoms with van der Waals surface area (Å²) in [6, 6.07) is 5.62. The van der Waals surface area contributed by atoms with E-state index >= 15 is 0 Å². The second-order valence-electron chi connectivity index (χ2n) is 3.20. The molecule has 3 N–H and O–H groups in total. The van der Waals surface area contributed by atoms with Gasteiger partial charge in [-0.1, -0.05) is 25.2 Å². The molecule has 1 aromatic heterocycles. The Kier molecular flexibility index (Phi) is 4.84. The number of hydrogen-bond acceptors (Lipinski definition) is 4.